The van der Waals surface area contributed by atoms with E-state index in [1.54, 1.807) is 0 Å². The van der Waals surface area contributed by atoms with Crippen molar-refractivity contribution >= 4 is 41.3 Å². The Bertz CT molecular complexity index is 570. The van der Waals surface area contributed by atoms with Gasteiger partial charge in [-0.05, 0) is 38.6 Å². The molecule has 1 aliphatic carbocycles. The number of nitrogens with one attached hydrogen (secondary N) is 2. The van der Waals surface area contributed by atoms with Gasteiger partial charge in [-0.2, -0.15) is 0 Å². The molecule has 2 fully saturated rings. The van der Waals surface area contributed by atoms with Gasteiger partial charge in [-0.3, -0.25) is 9.89 Å². The van der Waals surface area contributed by atoms with Gasteiger partial charge >= 0.3 is 0 Å². The fraction of sp³-hybridized carbons (Fsp3) is 0.800. The Balaban J connectivity index is 0.00000261. The Morgan fingerprint density at radius 3 is 2.78 bits per heavy atom. The zero-order valence-corrected chi connectivity index (χ0v) is 20.0. The molecule has 1 aromatic rings. The van der Waals surface area contributed by atoms with E-state index in [1.807, 2.05) is 24.6 Å². The van der Waals surface area contributed by atoms with Crippen LogP contribution in [0, 0.1) is 0 Å². The highest BCUT2D eigenvalue weighted by molar-refractivity contribution is 14.0. The van der Waals surface area contributed by atoms with E-state index in [9.17, 15) is 0 Å². The van der Waals surface area contributed by atoms with Gasteiger partial charge < -0.3 is 10.6 Å². The van der Waals surface area contributed by atoms with Crippen molar-refractivity contribution in [3.05, 3.63) is 16.1 Å². The average molecular weight is 506 g/mol. The molecule has 0 bridgehead atoms. The standard InChI is InChI=1S/C20H35N5S.HI/c1-3-18-14-23-19(26-18)11-12-22-20(21-2)24-16-8-7-13-25(15-16)17-9-5-4-6-10-17;/h14,16-17H,3-13,15H2,1-2H3,(H2,21,22,24);1H. The quantitative estimate of drug-likeness (QED) is 0.351. The summed E-state index contributed by atoms with van der Waals surface area (Å²) in [6.45, 7) is 5.51. The number of halogens is 1. The molecule has 1 aromatic heterocycles. The van der Waals surface area contributed by atoms with Crippen molar-refractivity contribution in [2.24, 2.45) is 4.99 Å². The molecule has 1 saturated carbocycles. The number of aliphatic imine (C=N–C) groups is 1. The maximum atomic E-state index is 4.50. The van der Waals surface area contributed by atoms with Crippen LogP contribution >= 0.6 is 35.3 Å². The Kier molecular flexibility index (Phi) is 10.3. The Labute approximate surface area is 185 Å². The molecule has 5 nitrogen and oxygen atoms in total. The summed E-state index contributed by atoms with van der Waals surface area (Å²) in [7, 11) is 1.87. The first-order chi connectivity index (χ1) is 12.8. The summed E-state index contributed by atoms with van der Waals surface area (Å²) in [5.74, 6) is 0.938. The van der Waals surface area contributed by atoms with Crippen LogP contribution in [-0.2, 0) is 12.8 Å². The highest BCUT2D eigenvalue weighted by Crippen LogP contribution is 2.25. The lowest BCUT2D eigenvalue weighted by atomic mass is 9.92. The zero-order chi connectivity index (χ0) is 18.2. The van der Waals surface area contributed by atoms with Crippen LogP contribution in [0.2, 0.25) is 0 Å². The Hall–Kier alpha value is -0.410. The predicted octanol–water partition coefficient (Wildman–Crippen LogP) is 3.83. The van der Waals surface area contributed by atoms with Gasteiger partial charge in [0.1, 0.15) is 0 Å². The summed E-state index contributed by atoms with van der Waals surface area (Å²) >= 11 is 1.83. The molecule has 27 heavy (non-hydrogen) atoms. The normalized spacial score (nSPS) is 22.3. The molecule has 0 spiro atoms. The zero-order valence-electron chi connectivity index (χ0n) is 16.9. The third kappa shape index (κ3) is 7.16. The maximum absolute atomic E-state index is 4.50. The number of hydrogen-bond acceptors (Lipinski definition) is 4. The summed E-state index contributed by atoms with van der Waals surface area (Å²) in [6, 6.07) is 1.34. The van der Waals surface area contributed by atoms with Crippen LogP contribution in [-0.4, -0.2) is 54.6 Å². The topological polar surface area (TPSA) is 52.6 Å². The van der Waals surface area contributed by atoms with E-state index in [2.05, 4.69) is 32.4 Å². The lowest BCUT2D eigenvalue weighted by Gasteiger charge is -2.40. The van der Waals surface area contributed by atoms with Crippen LogP contribution in [0.4, 0.5) is 0 Å². The number of aromatic nitrogens is 1. The van der Waals surface area contributed by atoms with Crippen LogP contribution < -0.4 is 10.6 Å². The van der Waals surface area contributed by atoms with Crippen molar-refractivity contribution in [3.8, 4) is 0 Å². The minimum absolute atomic E-state index is 0. The van der Waals surface area contributed by atoms with E-state index in [0.29, 0.717) is 6.04 Å². The smallest absolute Gasteiger partial charge is 0.191 e. The first-order valence-electron chi connectivity index (χ1n) is 10.4. The molecule has 0 amide bonds. The third-order valence-electron chi connectivity index (χ3n) is 5.69. The maximum Gasteiger partial charge on any atom is 0.191 e. The van der Waals surface area contributed by atoms with E-state index < -0.39 is 0 Å². The lowest BCUT2D eigenvalue weighted by molar-refractivity contribution is 0.115. The molecule has 0 aromatic carbocycles. The van der Waals surface area contributed by atoms with Crippen molar-refractivity contribution in [1.82, 2.24) is 20.5 Å². The summed E-state index contributed by atoms with van der Waals surface area (Å²) < 4.78 is 0. The highest BCUT2D eigenvalue weighted by atomic mass is 127. The van der Waals surface area contributed by atoms with Crippen molar-refractivity contribution < 1.29 is 0 Å². The second kappa shape index (κ2) is 12.2. The molecule has 0 radical (unpaired) electrons. The van der Waals surface area contributed by atoms with E-state index in [0.717, 1.165) is 37.9 Å². The van der Waals surface area contributed by atoms with Gasteiger partial charge in [0, 0.05) is 49.7 Å². The number of aryl methyl sites for hydroxylation is 1. The van der Waals surface area contributed by atoms with Crippen molar-refractivity contribution in [2.45, 2.75) is 76.8 Å². The third-order valence-corrected chi connectivity index (χ3v) is 6.89. The highest BCUT2D eigenvalue weighted by Gasteiger charge is 2.27. The van der Waals surface area contributed by atoms with Crippen LogP contribution in [0.25, 0.3) is 0 Å². The molecule has 2 aliphatic rings. The minimum atomic E-state index is 0. The van der Waals surface area contributed by atoms with Crippen LogP contribution in [0.1, 0.15) is 61.8 Å². The van der Waals surface area contributed by atoms with E-state index in [-0.39, 0.29) is 24.0 Å². The molecular weight excluding hydrogens is 469 g/mol. The van der Waals surface area contributed by atoms with Gasteiger partial charge in [-0.1, -0.05) is 26.2 Å². The number of nitrogens with zero attached hydrogens (tertiary/aromatic N) is 3. The number of guanidine groups is 1. The van der Waals surface area contributed by atoms with Crippen molar-refractivity contribution in [1.29, 1.82) is 0 Å². The summed E-state index contributed by atoms with van der Waals surface area (Å²) in [4.78, 5) is 13.0. The van der Waals surface area contributed by atoms with Gasteiger partial charge in [0.2, 0.25) is 0 Å². The minimum Gasteiger partial charge on any atom is -0.356 e. The summed E-state index contributed by atoms with van der Waals surface area (Å²) in [5, 5.41) is 8.35. The number of piperidine rings is 1. The SMILES string of the molecule is CCc1cnc(CCNC(=NC)NC2CCCN(C3CCCCC3)C2)s1.I. The fourth-order valence-corrected chi connectivity index (χ4v) is 5.07. The molecule has 2 N–H and O–H groups in total. The number of rotatable bonds is 6. The summed E-state index contributed by atoms with van der Waals surface area (Å²) in [6.07, 6.45) is 13.6. The molecule has 1 unspecified atom stereocenters. The molecule has 7 heteroatoms. The van der Waals surface area contributed by atoms with Crippen LogP contribution in [0.15, 0.2) is 11.2 Å². The average Bonchev–Trinajstić information content (AvgIpc) is 3.16. The van der Waals surface area contributed by atoms with Gasteiger partial charge in [-0.15, -0.1) is 35.3 Å². The molecule has 2 heterocycles. The first-order valence-corrected chi connectivity index (χ1v) is 11.2. The number of thiazole rings is 1. The van der Waals surface area contributed by atoms with Gasteiger partial charge in [0.15, 0.2) is 5.96 Å². The second-order valence-electron chi connectivity index (χ2n) is 7.59. The number of hydrogen-bond donors (Lipinski definition) is 2. The molecule has 1 aliphatic heterocycles. The van der Waals surface area contributed by atoms with E-state index in [4.69, 9.17) is 0 Å². The summed E-state index contributed by atoms with van der Waals surface area (Å²) in [5.41, 5.74) is 0. The molecule has 154 valence electrons. The molecule has 1 saturated heterocycles. The molecular formula is C20H36IN5S. The first kappa shape index (κ1) is 22.9. The predicted molar refractivity (Wildman–Crippen MR) is 127 cm³/mol. The Morgan fingerprint density at radius 1 is 1.26 bits per heavy atom. The fourth-order valence-electron chi connectivity index (χ4n) is 4.20. The lowest BCUT2D eigenvalue weighted by Crippen LogP contribution is -2.53. The van der Waals surface area contributed by atoms with Gasteiger partial charge in [0.25, 0.3) is 0 Å². The van der Waals surface area contributed by atoms with Crippen molar-refractivity contribution in [2.75, 3.05) is 26.7 Å². The largest absolute Gasteiger partial charge is 0.356 e. The van der Waals surface area contributed by atoms with E-state index in [1.165, 1.54) is 61.4 Å². The van der Waals surface area contributed by atoms with Gasteiger partial charge in [0.05, 0.1) is 5.01 Å². The molecule has 1 atom stereocenters. The van der Waals surface area contributed by atoms with Crippen molar-refractivity contribution in [3.63, 3.8) is 0 Å². The van der Waals surface area contributed by atoms with Crippen LogP contribution in [0.5, 0.6) is 0 Å². The number of likely N-dealkylation sites (tertiary alicyclic amines) is 1. The Morgan fingerprint density at radius 2 is 2.07 bits per heavy atom. The van der Waals surface area contributed by atoms with E-state index >= 15 is 0 Å². The second-order valence-corrected chi connectivity index (χ2v) is 8.79. The van der Waals surface area contributed by atoms with Crippen LogP contribution in [0.3, 0.4) is 0 Å². The monoisotopic (exact) mass is 505 g/mol. The van der Waals surface area contributed by atoms with Gasteiger partial charge in [-0.25, -0.2) is 4.98 Å². The molecule has 3 rings (SSSR count).